The van der Waals surface area contributed by atoms with Crippen LogP contribution in [0.5, 0.6) is 0 Å². The highest BCUT2D eigenvalue weighted by atomic mass is 35.5. The molecule has 0 aliphatic carbocycles. The largest absolute Gasteiger partial charge is 0.399 e. The number of anilines is 2. The van der Waals surface area contributed by atoms with Crippen LogP contribution in [0.4, 0.5) is 11.4 Å². The van der Waals surface area contributed by atoms with Crippen molar-refractivity contribution in [1.82, 2.24) is 5.32 Å². The van der Waals surface area contributed by atoms with Gasteiger partial charge < -0.3 is 16.4 Å². The minimum atomic E-state index is -0.253. The van der Waals surface area contributed by atoms with Crippen LogP contribution < -0.4 is 16.4 Å². The van der Waals surface area contributed by atoms with Crippen LogP contribution in [0, 0.1) is 12.8 Å². The van der Waals surface area contributed by atoms with Gasteiger partial charge >= 0.3 is 0 Å². The van der Waals surface area contributed by atoms with Gasteiger partial charge in [0.1, 0.15) is 0 Å². The van der Waals surface area contributed by atoms with Gasteiger partial charge in [-0.1, -0.05) is 19.9 Å². The van der Waals surface area contributed by atoms with E-state index < -0.39 is 0 Å². The zero-order valence-corrected chi connectivity index (χ0v) is 13.5. The number of rotatable bonds is 6. The summed E-state index contributed by atoms with van der Waals surface area (Å²) < 4.78 is 0. The molecule has 5 nitrogen and oxygen atoms in total. The van der Waals surface area contributed by atoms with Gasteiger partial charge in [-0.05, 0) is 37.0 Å². The molecule has 0 aliphatic heterocycles. The Labute approximate surface area is 132 Å². The van der Waals surface area contributed by atoms with Crippen molar-refractivity contribution in [2.24, 2.45) is 5.92 Å². The van der Waals surface area contributed by atoms with Crippen molar-refractivity contribution >= 4 is 35.6 Å². The summed E-state index contributed by atoms with van der Waals surface area (Å²) in [7, 11) is 0. The number of amides is 2. The highest BCUT2D eigenvalue weighted by Crippen LogP contribution is 2.17. The van der Waals surface area contributed by atoms with Crippen molar-refractivity contribution in [2.45, 2.75) is 33.6 Å². The summed E-state index contributed by atoms with van der Waals surface area (Å²) in [6, 6.07) is 5.32. The second kappa shape index (κ2) is 9.23. The number of nitrogens with one attached hydrogen (secondary N) is 2. The fraction of sp³-hybridized carbons (Fsp3) is 0.467. The minimum absolute atomic E-state index is 0. The van der Waals surface area contributed by atoms with E-state index in [-0.39, 0.29) is 30.8 Å². The lowest BCUT2D eigenvalue weighted by molar-refractivity contribution is -0.124. The summed E-state index contributed by atoms with van der Waals surface area (Å²) in [6.07, 6.45) is 1.27. The third-order valence-corrected chi connectivity index (χ3v) is 2.93. The third kappa shape index (κ3) is 7.56. The van der Waals surface area contributed by atoms with E-state index in [4.69, 9.17) is 5.73 Å². The lowest BCUT2D eigenvalue weighted by atomic mass is 10.1. The fourth-order valence-corrected chi connectivity index (χ4v) is 1.66. The Morgan fingerprint density at radius 2 is 1.90 bits per heavy atom. The molecule has 0 bridgehead atoms. The van der Waals surface area contributed by atoms with Gasteiger partial charge in [0.25, 0.3) is 0 Å². The Balaban J connectivity index is 0.00000400. The average Bonchev–Trinajstić information content (AvgIpc) is 2.38. The number of carbonyl (C=O) groups is 2. The first-order valence-corrected chi connectivity index (χ1v) is 6.81. The number of nitrogens with two attached hydrogens (primary N) is 1. The van der Waals surface area contributed by atoms with Crippen LogP contribution in [0.15, 0.2) is 18.2 Å². The number of hydrogen-bond acceptors (Lipinski definition) is 3. The second-order valence-electron chi connectivity index (χ2n) is 5.33. The molecule has 0 heterocycles. The van der Waals surface area contributed by atoms with Crippen molar-refractivity contribution in [3.05, 3.63) is 23.8 Å². The van der Waals surface area contributed by atoms with E-state index in [1.54, 1.807) is 12.1 Å². The highest BCUT2D eigenvalue weighted by Gasteiger charge is 2.08. The Kier molecular flexibility index (Phi) is 8.47. The fourth-order valence-electron chi connectivity index (χ4n) is 1.66. The molecule has 0 atom stereocenters. The summed E-state index contributed by atoms with van der Waals surface area (Å²) in [5.74, 6) is 0.124. The van der Waals surface area contributed by atoms with E-state index >= 15 is 0 Å². The number of nitrogen functional groups attached to an aromatic ring is 1. The summed E-state index contributed by atoms with van der Waals surface area (Å²) in [5.41, 5.74) is 7.86. The van der Waals surface area contributed by atoms with Crippen molar-refractivity contribution in [1.29, 1.82) is 0 Å². The highest BCUT2D eigenvalue weighted by molar-refractivity contribution is 5.95. The zero-order chi connectivity index (χ0) is 15.1. The number of carbonyl (C=O) groups excluding carboxylic acids is 2. The van der Waals surface area contributed by atoms with Gasteiger partial charge in [0.15, 0.2) is 0 Å². The Bertz CT molecular complexity index is 490. The smallest absolute Gasteiger partial charge is 0.243 e. The van der Waals surface area contributed by atoms with E-state index in [0.717, 1.165) is 12.0 Å². The molecule has 6 heteroatoms. The molecule has 0 aliphatic rings. The molecule has 0 saturated carbocycles. The van der Waals surface area contributed by atoms with E-state index in [1.165, 1.54) is 0 Å². The van der Waals surface area contributed by atoms with Crippen LogP contribution in [0.3, 0.4) is 0 Å². The molecule has 1 aromatic rings. The Morgan fingerprint density at radius 1 is 1.24 bits per heavy atom. The minimum Gasteiger partial charge on any atom is -0.399 e. The van der Waals surface area contributed by atoms with Crippen molar-refractivity contribution in [3.63, 3.8) is 0 Å². The molecule has 0 radical (unpaired) electrons. The summed E-state index contributed by atoms with van der Waals surface area (Å²) >= 11 is 0. The number of halogens is 1. The molecule has 118 valence electrons. The van der Waals surface area contributed by atoms with Crippen molar-refractivity contribution < 1.29 is 9.59 Å². The molecule has 0 unspecified atom stereocenters. The van der Waals surface area contributed by atoms with E-state index in [0.29, 0.717) is 23.7 Å². The van der Waals surface area contributed by atoms with Crippen LogP contribution in [-0.2, 0) is 9.59 Å². The number of aryl methyl sites for hydroxylation is 1. The molecule has 0 spiro atoms. The molecular formula is C15H24ClN3O2. The van der Waals surface area contributed by atoms with Gasteiger partial charge in [-0.3, -0.25) is 9.59 Å². The van der Waals surface area contributed by atoms with Crippen molar-refractivity contribution in [3.8, 4) is 0 Å². The summed E-state index contributed by atoms with van der Waals surface area (Å²) in [4.78, 5) is 23.3. The standard InChI is InChI=1S/C15H23N3O2.ClH/c1-10(2)4-7-14(19)17-9-15(20)18-13-8-12(16)6-5-11(13)3;/h5-6,8,10H,4,7,9,16H2,1-3H3,(H,17,19)(H,18,20);1H. The second-order valence-corrected chi connectivity index (χ2v) is 5.33. The van der Waals surface area contributed by atoms with Gasteiger partial charge in [0.05, 0.1) is 6.54 Å². The van der Waals surface area contributed by atoms with Gasteiger partial charge in [-0.15, -0.1) is 12.4 Å². The first-order chi connectivity index (χ1) is 9.38. The quantitative estimate of drug-likeness (QED) is 0.705. The monoisotopic (exact) mass is 313 g/mol. The average molecular weight is 314 g/mol. The van der Waals surface area contributed by atoms with Gasteiger partial charge in [-0.25, -0.2) is 0 Å². The molecule has 4 N–H and O–H groups in total. The van der Waals surface area contributed by atoms with Gasteiger partial charge in [0.2, 0.25) is 11.8 Å². The zero-order valence-electron chi connectivity index (χ0n) is 12.7. The van der Waals surface area contributed by atoms with Gasteiger partial charge in [0, 0.05) is 17.8 Å². The Morgan fingerprint density at radius 3 is 2.52 bits per heavy atom. The van der Waals surface area contributed by atoms with E-state index in [1.807, 2.05) is 13.0 Å². The van der Waals surface area contributed by atoms with Crippen LogP contribution in [0.1, 0.15) is 32.3 Å². The van der Waals surface area contributed by atoms with E-state index in [2.05, 4.69) is 24.5 Å². The van der Waals surface area contributed by atoms with Crippen LogP contribution in [0.25, 0.3) is 0 Å². The molecule has 0 fully saturated rings. The topological polar surface area (TPSA) is 84.2 Å². The normalized spacial score (nSPS) is 9.90. The maximum atomic E-state index is 11.8. The molecule has 2 amide bonds. The van der Waals surface area contributed by atoms with Crippen molar-refractivity contribution in [2.75, 3.05) is 17.6 Å². The maximum absolute atomic E-state index is 11.8. The van der Waals surface area contributed by atoms with Crippen LogP contribution >= 0.6 is 12.4 Å². The SMILES string of the molecule is Cc1ccc(N)cc1NC(=O)CNC(=O)CCC(C)C.Cl. The first kappa shape index (κ1) is 19.2. The summed E-state index contributed by atoms with van der Waals surface area (Å²) in [6.45, 7) is 5.98. The first-order valence-electron chi connectivity index (χ1n) is 6.81. The van der Waals surface area contributed by atoms with E-state index in [9.17, 15) is 9.59 Å². The molecule has 0 saturated heterocycles. The van der Waals surface area contributed by atoms with Crippen LogP contribution in [0.2, 0.25) is 0 Å². The Hall–Kier alpha value is -1.75. The summed E-state index contributed by atoms with van der Waals surface area (Å²) in [5, 5.41) is 5.35. The lowest BCUT2D eigenvalue weighted by Gasteiger charge is -2.10. The molecule has 0 aromatic heterocycles. The maximum Gasteiger partial charge on any atom is 0.243 e. The number of benzene rings is 1. The predicted molar refractivity (Wildman–Crippen MR) is 88.6 cm³/mol. The van der Waals surface area contributed by atoms with Crippen LogP contribution in [-0.4, -0.2) is 18.4 Å². The molecule has 1 aromatic carbocycles. The third-order valence-electron chi connectivity index (χ3n) is 2.93. The van der Waals surface area contributed by atoms with Gasteiger partial charge in [-0.2, -0.15) is 0 Å². The molecule has 1 rings (SSSR count). The molecule has 21 heavy (non-hydrogen) atoms. The number of hydrogen-bond donors (Lipinski definition) is 3. The predicted octanol–water partition coefficient (Wildman–Crippen LogP) is 2.49. The lowest BCUT2D eigenvalue weighted by Crippen LogP contribution is -2.33. The molecular weight excluding hydrogens is 290 g/mol.